The molecule has 73 heavy (non-hydrogen) atoms. The number of fused-ring (bicyclic) bond motifs is 2. The van der Waals surface area contributed by atoms with Gasteiger partial charge < -0.3 is 9.80 Å². The maximum Gasteiger partial charge on any atom is 0.522 e. The summed E-state index contributed by atoms with van der Waals surface area (Å²) in [7, 11) is 6.62. The molecule has 2 aliphatic rings. The molecule has 0 saturated heterocycles. The van der Waals surface area contributed by atoms with Crippen molar-refractivity contribution in [2.45, 2.75) is 35.2 Å². The van der Waals surface area contributed by atoms with Crippen LogP contribution < -0.4 is 20.2 Å². The first-order valence-corrected chi connectivity index (χ1v) is 47.3. The van der Waals surface area contributed by atoms with E-state index in [2.05, 4.69) is 175 Å². The van der Waals surface area contributed by atoms with Crippen LogP contribution in [0.1, 0.15) is 33.3 Å². The second-order valence-electron chi connectivity index (χ2n) is 14.8. The molecule has 8 nitrogen and oxygen atoms in total. The van der Waals surface area contributed by atoms with Crippen molar-refractivity contribution in [3.63, 3.8) is 0 Å². The number of anilines is 2. The highest BCUT2D eigenvalue weighted by molar-refractivity contribution is 8.72. The third-order valence-electron chi connectivity index (χ3n) is 10.1. The van der Waals surface area contributed by atoms with Crippen molar-refractivity contribution in [2.75, 3.05) is 38.0 Å². The Morgan fingerprint density at radius 2 is 0.781 bits per heavy atom. The van der Waals surface area contributed by atoms with E-state index in [-0.39, 0.29) is 5.69 Å². The quantitative estimate of drug-likeness (QED) is 0.0898. The van der Waals surface area contributed by atoms with Gasteiger partial charge in [-0.25, -0.2) is 0 Å². The number of allylic oxidation sites excluding steroid dienone is 2. The zero-order chi connectivity index (χ0) is 54.7. The third kappa shape index (κ3) is 19.1. The lowest BCUT2D eigenvalue weighted by Gasteiger charge is -2.41. The lowest BCUT2D eigenvalue weighted by Crippen LogP contribution is -2.57. The summed E-state index contributed by atoms with van der Waals surface area (Å²) in [6.07, 6.45) is 9.65. The van der Waals surface area contributed by atoms with Crippen molar-refractivity contribution in [1.29, 1.82) is 0 Å². The number of rotatable bonds is 10. The lowest BCUT2D eigenvalue weighted by atomic mass is 10.1. The first-order chi connectivity index (χ1) is 34.3. The van der Waals surface area contributed by atoms with E-state index in [0.29, 0.717) is 17.6 Å². The molecule has 0 aliphatic heterocycles. The van der Waals surface area contributed by atoms with Gasteiger partial charge in [0.2, 0.25) is 0 Å². The third-order valence-corrected chi connectivity index (χ3v) is 46.6. The Hall–Kier alpha value is -0.466. The van der Waals surface area contributed by atoms with Crippen molar-refractivity contribution < 1.29 is 50.9 Å². The number of nitrogens with zero attached hydrogens (tertiary/aromatic N) is 2. The molecule has 0 bridgehead atoms. The molecule has 0 aromatic heterocycles. The van der Waals surface area contributed by atoms with E-state index >= 15 is 0 Å². The zero-order valence-electron chi connectivity index (χ0n) is 38.1. The van der Waals surface area contributed by atoms with Gasteiger partial charge in [-0.05, 0) is 46.1 Å². The van der Waals surface area contributed by atoms with E-state index in [1.807, 2.05) is 0 Å². The van der Waals surface area contributed by atoms with Gasteiger partial charge >= 0.3 is 39.8 Å². The highest BCUT2D eigenvalue weighted by atomic mass is 33.4. The average molecular weight is 1400 g/mol. The minimum atomic E-state index is -6.48. The average Bonchev–Trinajstić information content (AvgIpc) is 3.98. The molecule has 0 N–H and O–H groups in total. The van der Waals surface area contributed by atoms with Gasteiger partial charge in [0, 0.05) is 216 Å². The van der Waals surface area contributed by atoms with Gasteiger partial charge in [0.05, 0.1) is 0 Å². The summed E-state index contributed by atoms with van der Waals surface area (Å²) in [4.78, 5) is 3.49. The largest absolute Gasteiger partial charge is 0.522 e. The van der Waals surface area contributed by atoms with Crippen LogP contribution in [0.25, 0.3) is 12.2 Å². The summed E-state index contributed by atoms with van der Waals surface area (Å²) in [6.45, 7) is 3.05. The monoisotopic (exact) mass is 1400 g/mol. The molecular formula is C38H40F6N2O6S19Si2. The number of para-hydroxylation sites is 2. The Labute approximate surface area is 480 Å². The minimum Gasteiger partial charge on any atom is -0.378 e. The van der Waals surface area contributed by atoms with Crippen LogP contribution in [0, 0.1) is 0 Å². The van der Waals surface area contributed by atoms with Crippen molar-refractivity contribution in [1.82, 2.24) is 0 Å². The summed E-state index contributed by atoms with van der Waals surface area (Å²) in [5, 5.41) is 0.971. The Morgan fingerprint density at radius 1 is 0.479 bits per heavy atom. The topological polar surface area (TPSA) is 93.2 Å². The number of hydrogen-bond acceptors (Lipinski definition) is 12. The number of halogens is 6. The first-order valence-electron chi connectivity index (χ1n) is 19.6. The summed E-state index contributed by atoms with van der Waals surface area (Å²) < 4.78 is 129. The molecule has 2 aliphatic carbocycles. The summed E-state index contributed by atoms with van der Waals surface area (Å²) in [5.41, 5.74) is -4.09. The van der Waals surface area contributed by atoms with E-state index in [4.69, 9.17) is 0 Å². The summed E-state index contributed by atoms with van der Waals surface area (Å²) >= 11 is 18.5. The molecule has 4 aromatic carbocycles. The Kier molecular flexibility index (Phi) is 28.7. The molecule has 402 valence electrons. The van der Waals surface area contributed by atoms with Crippen LogP contribution >= 0.6 is 0 Å². The van der Waals surface area contributed by atoms with E-state index in [1.54, 1.807) is 85.1 Å². The molecule has 0 saturated carbocycles. The number of alkyl halides is 6. The first kappa shape index (κ1) is 66.8. The Morgan fingerprint density at radius 3 is 1.12 bits per heavy atom. The standard InChI is InChI=1S/C27H27NSi.C11H13F6NO6S2Si.S9.S8/c1-28(2)24-14-8-9-15-27(24)29(3,25-18-16-20-10-4-6-12-22(20)25)26-19-17-21-11-5-7-13-23(21)26;1-18(2)8-6-4-5-7-9(8)27(3,23-25(19,20)10(12,13)14)24-26(21,22)11(15,16)17;1-3-5-7-9-8-6-4-2;1-3-5-7-8-6-4-2/h4-19,25-26H,1-3H3;4-7H,1-3H3;;. The molecule has 0 heterocycles. The number of benzene rings is 4. The van der Waals surface area contributed by atoms with E-state index in [9.17, 15) is 43.2 Å². The molecule has 4 aromatic rings. The van der Waals surface area contributed by atoms with Gasteiger partial charge in [-0.15, -0.1) is 0 Å². The molecular weight excluding hydrogens is 1360 g/mol. The number of hydrogen-bond donors (Lipinski definition) is 0. The summed E-state index contributed by atoms with van der Waals surface area (Å²) in [5.74, 6) is 0. The van der Waals surface area contributed by atoms with Crippen LogP contribution in [-0.4, -0.2) is 72.7 Å². The molecule has 0 radical (unpaired) electrons. The van der Waals surface area contributed by atoms with Gasteiger partial charge in [0.25, 0.3) is 0 Å². The van der Waals surface area contributed by atoms with E-state index < -0.39 is 53.1 Å². The van der Waals surface area contributed by atoms with Crippen LogP contribution in [0.2, 0.25) is 13.1 Å². The molecule has 6 rings (SSSR count). The molecule has 2 atom stereocenters. The van der Waals surface area contributed by atoms with Crippen LogP contribution in [0.5, 0.6) is 0 Å². The van der Waals surface area contributed by atoms with Crippen LogP contribution in [0.4, 0.5) is 37.7 Å². The van der Waals surface area contributed by atoms with Gasteiger partial charge in [-0.2, -0.15) is 43.2 Å². The fourth-order valence-corrected chi connectivity index (χ4v) is 43.6. The van der Waals surface area contributed by atoms with E-state index in [1.165, 1.54) is 94.6 Å². The summed E-state index contributed by atoms with van der Waals surface area (Å²) in [6, 6.07) is 31.6. The van der Waals surface area contributed by atoms with Crippen molar-refractivity contribution >= 4 is 231 Å². The molecule has 35 heteroatoms. The smallest absolute Gasteiger partial charge is 0.378 e. The second-order valence-corrected chi connectivity index (χ2v) is 48.7. The molecule has 0 spiro atoms. The normalized spacial score (nSPS) is 15.1. The van der Waals surface area contributed by atoms with Crippen molar-refractivity contribution in [3.8, 4) is 0 Å². The molecule has 2 unspecified atom stereocenters. The van der Waals surface area contributed by atoms with Crippen LogP contribution in [0.3, 0.4) is 0 Å². The fraction of sp³-hybridized carbons (Fsp3) is 0.263. The second kappa shape index (κ2) is 31.4. The van der Waals surface area contributed by atoms with Crippen LogP contribution in [0.15, 0.2) is 109 Å². The Balaban J connectivity index is 0.000000294. The fourth-order valence-electron chi connectivity index (χ4n) is 7.36. The van der Waals surface area contributed by atoms with Crippen molar-refractivity contribution in [2.24, 2.45) is 0 Å². The predicted molar refractivity (Wildman–Crippen MR) is 338 cm³/mol. The van der Waals surface area contributed by atoms with E-state index in [0.717, 1.165) is 12.1 Å². The van der Waals surface area contributed by atoms with Crippen LogP contribution in [-0.2, 0) is 188 Å². The minimum absolute atomic E-state index is 0.0959. The SMILES string of the molecule is CN(C)c1ccccc1[Si](C)(C1C=Cc2ccccc21)C1C=Cc2ccccc21.CN(C)c1ccccc1[Si](C)(OS(=O)(=O)C(F)(F)F)OS(=O)(=O)C(F)(F)F.S=S=S=S=S=S=S=S.S=S=S=S=S=S=S=S=S. The predicted octanol–water partition coefficient (Wildman–Crippen LogP) is 7.46. The van der Waals surface area contributed by atoms with Gasteiger partial charge in [-0.1, -0.05) is 116 Å². The highest BCUT2D eigenvalue weighted by Crippen LogP contribution is 2.47. The lowest BCUT2D eigenvalue weighted by molar-refractivity contribution is -0.0529. The van der Waals surface area contributed by atoms with Crippen molar-refractivity contribution in [3.05, 3.63) is 131 Å². The van der Waals surface area contributed by atoms with Gasteiger partial charge in [0.15, 0.2) is 0 Å². The Bertz CT molecular complexity index is 3360. The molecule has 0 fully saturated rings. The van der Waals surface area contributed by atoms with Gasteiger partial charge in [-0.3, -0.25) is 7.74 Å². The highest BCUT2D eigenvalue weighted by Gasteiger charge is 2.59. The van der Waals surface area contributed by atoms with Gasteiger partial charge in [0.1, 0.15) is 8.07 Å². The molecule has 0 amide bonds. The zero-order valence-corrected chi connectivity index (χ0v) is 55.6. The maximum absolute atomic E-state index is 12.7. The maximum atomic E-state index is 12.7.